The van der Waals surface area contributed by atoms with Gasteiger partial charge in [0.2, 0.25) is 0 Å². The Kier molecular flexibility index (Phi) is 5.89. The van der Waals surface area contributed by atoms with Crippen LogP contribution < -0.4 is 10.6 Å². The summed E-state index contributed by atoms with van der Waals surface area (Å²) in [7, 11) is 0. The summed E-state index contributed by atoms with van der Waals surface area (Å²) in [5.74, 6) is 0. The standard InChI is InChI=1S/C14H28N2O2/c17-13-7-3-1-5-11(13)15-9-10-16-12-6-2-4-8-14(12)18/h11-18H,1-10H2/t11-,12-,13-,14+/m1/s1. The summed E-state index contributed by atoms with van der Waals surface area (Å²) < 4.78 is 0. The van der Waals surface area contributed by atoms with Crippen molar-refractivity contribution in [2.75, 3.05) is 13.1 Å². The molecule has 0 saturated heterocycles. The minimum Gasteiger partial charge on any atom is -0.392 e. The third-order valence-corrected chi connectivity index (χ3v) is 4.40. The molecule has 18 heavy (non-hydrogen) atoms. The van der Waals surface area contributed by atoms with Gasteiger partial charge in [0, 0.05) is 25.2 Å². The summed E-state index contributed by atoms with van der Waals surface area (Å²) in [6.07, 6.45) is 8.49. The van der Waals surface area contributed by atoms with Gasteiger partial charge in [0.15, 0.2) is 0 Å². The fraction of sp³-hybridized carbons (Fsp3) is 1.00. The van der Waals surface area contributed by atoms with Gasteiger partial charge in [0.05, 0.1) is 12.2 Å². The molecule has 0 heterocycles. The molecule has 2 saturated carbocycles. The lowest BCUT2D eigenvalue weighted by molar-refractivity contribution is 0.0844. The van der Waals surface area contributed by atoms with Gasteiger partial charge in [0.1, 0.15) is 0 Å². The van der Waals surface area contributed by atoms with E-state index in [1.807, 2.05) is 0 Å². The average molecular weight is 256 g/mol. The summed E-state index contributed by atoms with van der Waals surface area (Å²) in [6.45, 7) is 1.76. The number of aliphatic hydroxyl groups excluding tert-OH is 2. The van der Waals surface area contributed by atoms with E-state index < -0.39 is 0 Å². The molecule has 4 atom stereocenters. The molecule has 0 bridgehead atoms. The van der Waals surface area contributed by atoms with Crippen molar-refractivity contribution in [3.8, 4) is 0 Å². The van der Waals surface area contributed by atoms with Crippen molar-refractivity contribution < 1.29 is 10.2 Å². The van der Waals surface area contributed by atoms with Crippen LogP contribution in [0.5, 0.6) is 0 Å². The van der Waals surface area contributed by atoms with E-state index in [-0.39, 0.29) is 24.3 Å². The Morgan fingerprint density at radius 1 is 0.667 bits per heavy atom. The second kappa shape index (κ2) is 7.43. The molecule has 4 N–H and O–H groups in total. The molecule has 0 amide bonds. The van der Waals surface area contributed by atoms with Crippen LogP contribution >= 0.6 is 0 Å². The molecule has 106 valence electrons. The predicted molar refractivity (Wildman–Crippen MR) is 72.5 cm³/mol. The molecule has 0 spiro atoms. The molecule has 2 fully saturated rings. The molecule has 2 aliphatic carbocycles. The molecule has 0 aromatic heterocycles. The maximum absolute atomic E-state index is 9.84. The minimum atomic E-state index is -0.168. The van der Waals surface area contributed by atoms with Gasteiger partial charge in [-0.15, -0.1) is 0 Å². The van der Waals surface area contributed by atoms with E-state index in [4.69, 9.17) is 0 Å². The monoisotopic (exact) mass is 256 g/mol. The van der Waals surface area contributed by atoms with Crippen LogP contribution in [0.1, 0.15) is 51.4 Å². The first-order valence-electron chi connectivity index (χ1n) is 7.60. The van der Waals surface area contributed by atoms with E-state index in [1.165, 1.54) is 12.8 Å². The van der Waals surface area contributed by atoms with Crippen molar-refractivity contribution in [3.05, 3.63) is 0 Å². The summed E-state index contributed by atoms with van der Waals surface area (Å²) in [4.78, 5) is 0. The first-order chi connectivity index (χ1) is 8.77. The third-order valence-electron chi connectivity index (χ3n) is 4.40. The zero-order chi connectivity index (χ0) is 12.8. The molecule has 0 unspecified atom stereocenters. The molecular formula is C14H28N2O2. The molecule has 4 heteroatoms. The number of hydrogen-bond acceptors (Lipinski definition) is 4. The van der Waals surface area contributed by atoms with Crippen molar-refractivity contribution in [2.24, 2.45) is 0 Å². The quantitative estimate of drug-likeness (QED) is 0.549. The van der Waals surface area contributed by atoms with Gasteiger partial charge in [0.25, 0.3) is 0 Å². The van der Waals surface area contributed by atoms with Crippen molar-refractivity contribution in [3.63, 3.8) is 0 Å². The van der Waals surface area contributed by atoms with Crippen molar-refractivity contribution in [1.29, 1.82) is 0 Å². The van der Waals surface area contributed by atoms with Crippen LogP contribution in [0.15, 0.2) is 0 Å². The number of rotatable bonds is 5. The van der Waals surface area contributed by atoms with Crippen LogP contribution in [0.3, 0.4) is 0 Å². The van der Waals surface area contributed by atoms with Crippen LogP contribution in [-0.2, 0) is 0 Å². The van der Waals surface area contributed by atoms with Crippen LogP contribution in [0.4, 0.5) is 0 Å². The van der Waals surface area contributed by atoms with E-state index in [2.05, 4.69) is 10.6 Å². The summed E-state index contributed by atoms with van der Waals surface area (Å²) in [5, 5.41) is 26.5. The Bertz CT molecular complexity index is 214. The van der Waals surface area contributed by atoms with Gasteiger partial charge in [-0.2, -0.15) is 0 Å². The van der Waals surface area contributed by atoms with Crippen LogP contribution in [0.2, 0.25) is 0 Å². The normalized spacial score (nSPS) is 37.7. The Hall–Kier alpha value is -0.160. The third kappa shape index (κ3) is 4.19. The van der Waals surface area contributed by atoms with Crippen LogP contribution in [-0.4, -0.2) is 47.6 Å². The Balaban J connectivity index is 1.57. The zero-order valence-electron chi connectivity index (χ0n) is 11.3. The van der Waals surface area contributed by atoms with E-state index in [0.29, 0.717) is 0 Å². The molecule has 0 radical (unpaired) electrons. The van der Waals surface area contributed by atoms with E-state index >= 15 is 0 Å². The maximum atomic E-state index is 9.84. The zero-order valence-corrected chi connectivity index (χ0v) is 11.3. The van der Waals surface area contributed by atoms with Crippen molar-refractivity contribution in [1.82, 2.24) is 10.6 Å². The summed E-state index contributed by atoms with van der Waals surface area (Å²) in [6, 6.07) is 0.550. The highest BCUT2D eigenvalue weighted by atomic mass is 16.3. The lowest BCUT2D eigenvalue weighted by atomic mass is 9.92. The predicted octanol–water partition coefficient (Wildman–Crippen LogP) is 0.773. The van der Waals surface area contributed by atoms with E-state index in [0.717, 1.165) is 51.6 Å². The second-order valence-electron chi connectivity index (χ2n) is 5.82. The van der Waals surface area contributed by atoms with Gasteiger partial charge in [-0.25, -0.2) is 0 Å². The molecule has 0 aliphatic heterocycles. The van der Waals surface area contributed by atoms with Crippen LogP contribution in [0.25, 0.3) is 0 Å². The topological polar surface area (TPSA) is 64.5 Å². The second-order valence-corrected chi connectivity index (χ2v) is 5.82. The molecular weight excluding hydrogens is 228 g/mol. The van der Waals surface area contributed by atoms with E-state index in [9.17, 15) is 10.2 Å². The summed E-state index contributed by atoms with van der Waals surface area (Å²) in [5.41, 5.74) is 0. The minimum absolute atomic E-state index is 0.168. The average Bonchev–Trinajstić information content (AvgIpc) is 2.38. The molecule has 0 aromatic carbocycles. The highest BCUT2D eigenvalue weighted by molar-refractivity contribution is 4.82. The van der Waals surface area contributed by atoms with Crippen molar-refractivity contribution in [2.45, 2.75) is 75.7 Å². The van der Waals surface area contributed by atoms with E-state index in [1.54, 1.807) is 0 Å². The molecule has 2 aliphatic rings. The maximum Gasteiger partial charge on any atom is 0.0693 e. The molecule has 4 nitrogen and oxygen atoms in total. The van der Waals surface area contributed by atoms with Crippen LogP contribution in [0, 0.1) is 0 Å². The Morgan fingerprint density at radius 2 is 1.06 bits per heavy atom. The lowest BCUT2D eigenvalue weighted by Gasteiger charge is -2.30. The van der Waals surface area contributed by atoms with Gasteiger partial charge < -0.3 is 20.8 Å². The summed E-state index contributed by atoms with van der Waals surface area (Å²) >= 11 is 0. The first kappa shape index (κ1) is 14.3. The van der Waals surface area contributed by atoms with Gasteiger partial charge in [-0.1, -0.05) is 25.7 Å². The smallest absolute Gasteiger partial charge is 0.0693 e. The van der Waals surface area contributed by atoms with Gasteiger partial charge >= 0.3 is 0 Å². The van der Waals surface area contributed by atoms with Crippen molar-refractivity contribution >= 4 is 0 Å². The molecule has 2 rings (SSSR count). The fourth-order valence-electron chi connectivity index (χ4n) is 3.21. The number of nitrogens with one attached hydrogen (secondary N) is 2. The molecule has 0 aromatic rings. The highest BCUT2D eigenvalue weighted by Crippen LogP contribution is 2.19. The fourth-order valence-corrected chi connectivity index (χ4v) is 3.21. The van der Waals surface area contributed by atoms with Gasteiger partial charge in [-0.05, 0) is 25.7 Å². The van der Waals surface area contributed by atoms with Gasteiger partial charge in [-0.3, -0.25) is 0 Å². The highest BCUT2D eigenvalue weighted by Gasteiger charge is 2.23. The number of hydrogen-bond donors (Lipinski definition) is 4. The Labute approximate surface area is 110 Å². The number of aliphatic hydroxyl groups is 2. The lowest BCUT2D eigenvalue weighted by Crippen LogP contribution is -2.48. The Morgan fingerprint density at radius 3 is 1.44 bits per heavy atom. The SMILES string of the molecule is O[C@@H]1CCCC[C@H]1NCCN[C@@H]1CCCC[C@@H]1O. The largest absolute Gasteiger partial charge is 0.392 e. The first-order valence-corrected chi connectivity index (χ1v) is 7.60.